The maximum absolute atomic E-state index is 17.4. The van der Waals surface area contributed by atoms with Crippen molar-refractivity contribution in [3.63, 3.8) is 0 Å². The molecule has 1 atom stereocenters. The van der Waals surface area contributed by atoms with E-state index in [1.165, 1.54) is 0 Å². The highest BCUT2D eigenvalue weighted by Crippen LogP contribution is 2.46. The molecule has 1 unspecified atom stereocenters. The van der Waals surface area contributed by atoms with Crippen molar-refractivity contribution in [3.8, 4) is 34.4 Å². The maximum Gasteiger partial charge on any atom is 0.319 e. The first-order valence-electron chi connectivity index (χ1n) is 18.7. The van der Waals surface area contributed by atoms with Gasteiger partial charge in [0.2, 0.25) is 0 Å². The minimum Gasteiger partial charge on any atom is -0.468 e. The highest BCUT2D eigenvalue weighted by molar-refractivity contribution is 6.90. The van der Waals surface area contributed by atoms with E-state index in [0.717, 1.165) is 35.6 Å². The van der Waals surface area contributed by atoms with Crippen molar-refractivity contribution in [2.45, 2.75) is 96.4 Å². The van der Waals surface area contributed by atoms with Crippen LogP contribution in [-0.2, 0) is 4.74 Å². The number of benzene rings is 3. The fourth-order valence-electron chi connectivity index (χ4n) is 8.32. The van der Waals surface area contributed by atoms with Gasteiger partial charge in [0.05, 0.1) is 18.8 Å². The lowest BCUT2D eigenvalue weighted by atomic mass is 9.93. The Balaban J connectivity index is 1.57. The molecule has 4 aromatic rings. The maximum atomic E-state index is 17.4. The largest absolute Gasteiger partial charge is 0.468 e. The van der Waals surface area contributed by atoms with E-state index >= 15 is 4.39 Å². The minimum absolute atomic E-state index is 0.00976. The van der Waals surface area contributed by atoms with E-state index in [-0.39, 0.29) is 36.9 Å². The number of anilines is 1. The first kappa shape index (κ1) is 38.0. The predicted molar refractivity (Wildman–Crippen MR) is 209 cm³/mol. The average Bonchev–Trinajstić information content (AvgIpc) is 3.89. The Morgan fingerprint density at radius 3 is 2.33 bits per heavy atom. The molecular formula is C42H54FN3O5Si. The molecule has 1 aromatic heterocycles. The van der Waals surface area contributed by atoms with E-state index in [9.17, 15) is 10.2 Å². The number of hydrogen-bond acceptors (Lipinski definition) is 8. The molecule has 2 aliphatic rings. The summed E-state index contributed by atoms with van der Waals surface area (Å²) in [7, 11) is -0.508. The molecule has 2 N–H and O–H groups in total. The van der Waals surface area contributed by atoms with Crippen molar-refractivity contribution in [1.29, 1.82) is 0 Å². The van der Waals surface area contributed by atoms with Crippen LogP contribution in [0.4, 0.5) is 10.2 Å². The average molecular weight is 728 g/mol. The van der Waals surface area contributed by atoms with Crippen LogP contribution >= 0.6 is 0 Å². The van der Waals surface area contributed by atoms with Crippen molar-refractivity contribution >= 4 is 35.6 Å². The lowest BCUT2D eigenvalue weighted by Gasteiger charge is -2.38. The Kier molecular flexibility index (Phi) is 10.9. The number of aliphatic hydroxyl groups is 2. The van der Waals surface area contributed by atoms with Crippen LogP contribution in [0.1, 0.15) is 79.7 Å². The molecule has 2 heterocycles. The molecule has 278 valence electrons. The number of nitrogens with zero attached hydrogens (tertiary/aromatic N) is 3. The molecule has 1 saturated carbocycles. The monoisotopic (exact) mass is 727 g/mol. The van der Waals surface area contributed by atoms with Gasteiger partial charge in [-0.25, -0.2) is 4.39 Å². The summed E-state index contributed by atoms with van der Waals surface area (Å²) in [4.78, 5) is 11.4. The van der Waals surface area contributed by atoms with Crippen LogP contribution in [0, 0.1) is 22.7 Å². The Labute approximate surface area is 308 Å². The Morgan fingerprint density at radius 1 is 0.962 bits per heavy atom. The number of halogens is 1. The number of hydrogen-bond donors (Lipinski definition) is 2. The lowest BCUT2D eigenvalue weighted by Crippen LogP contribution is -2.46. The van der Waals surface area contributed by atoms with E-state index < -0.39 is 19.5 Å². The Bertz CT molecular complexity index is 1980. The van der Waals surface area contributed by atoms with E-state index in [1.807, 2.05) is 48.2 Å². The van der Waals surface area contributed by atoms with Gasteiger partial charge in [0.15, 0.2) is 12.6 Å². The van der Waals surface area contributed by atoms with Crippen LogP contribution in [0.3, 0.4) is 0 Å². The number of β-amino-alcohol motifs (C(OH)–C–C–N with tert-alkyl or cyclic N) is 1. The molecule has 3 aromatic carbocycles. The normalized spacial score (nSPS) is 18.7. The second kappa shape index (κ2) is 14.9. The van der Waals surface area contributed by atoms with Gasteiger partial charge in [-0.15, -0.1) is 5.54 Å². The number of rotatable bonds is 12. The number of ether oxygens (including phenoxy) is 3. The van der Waals surface area contributed by atoms with Gasteiger partial charge in [0, 0.05) is 47.5 Å². The molecule has 10 heteroatoms. The smallest absolute Gasteiger partial charge is 0.319 e. The molecule has 2 fully saturated rings. The Hall–Kier alpha value is -3.75. The summed E-state index contributed by atoms with van der Waals surface area (Å²) < 4.78 is 34.7. The lowest BCUT2D eigenvalue weighted by molar-refractivity contribution is 0.0447. The molecule has 0 bridgehead atoms. The molecule has 52 heavy (non-hydrogen) atoms. The summed E-state index contributed by atoms with van der Waals surface area (Å²) in [6.45, 7) is 16.9. The second-order valence-electron chi connectivity index (χ2n) is 16.2. The summed E-state index contributed by atoms with van der Waals surface area (Å²) in [5.41, 5.74) is 5.98. The van der Waals surface area contributed by atoms with E-state index in [4.69, 9.17) is 19.2 Å². The van der Waals surface area contributed by atoms with Gasteiger partial charge in [0.25, 0.3) is 0 Å². The van der Waals surface area contributed by atoms with Crippen molar-refractivity contribution in [2.24, 2.45) is 5.41 Å². The summed E-state index contributed by atoms with van der Waals surface area (Å²) in [5, 5.41) is 23.2. The van der Waals surface area contributed by atoms with Crippen LogP contribution in [-0.4, -0.2) is 74.1 Å². The molecule has 1 saturated heterocycles. The second-order valence-corrected chi connectivity index (χ2v) is 21.8. The molecule has 1 aliphatic heterocycles. The van der Waals surface area contributed by atoms with E-state index in [1.54, 1.807) is 13.2 Å². The molecule has 1 aliphatic carbocycles. The van der Waals surface area contributed by atoms with Crippen LogP contribution in [0.5, 0.6) is 11.8 Å². The van der Waals surface area contributed by atoms with Gasteiger partial charge in [0.1, 0.15) is 25.2 Å². The first-order valence-corrected chi connectivity index (χ1v) is 20.9. The quantitative estimate of drug-likeness (QED) is 0.0851. The minimum atomic E-state index is -2.07. The Morgan fingerprint density at radius 2 is 1.69 bits per heavy atom. The van der Waals surface area contributed by atoms with E-state index in [0.29, 0.717) is 64.2 Å². The summed E-state index contributed by atoms with van der Waals surface area (Å²) in [6, 6.07) is 13.5. The topological polar surface area (TPSA) is 97.2 Å². The molecular weight excluding hydrogens is 674 g/mol. The number of piperidine rings is 1. The molecule has 0 spiro atoms. The summed E-state index contributed by atoms with van der Waals surface area (Å²) >= 11 is 0. The van der Waals surface area contributed by atoms with Gasteiger partial charge >= 0.3 is 6.01 Å². The number of aromatic nitrogens is 2. The fraction of sp³-hybridized carbons (Fsp3) is 0.524. The highest BCUT2D eigenvalue weighted by Gasteiger charge is 2.44. The third-order valence-corrected chi connectivity index (χ3v) is 17.7. The molecule has 0 amide bonds. The van der Waals surface area contributed by atoms with Gasteiger partial charge in [-0.05, 0) is 84.4 Å². The molecule has 6 rings (SSSR count). The van der Waals surface area contributed by atoms with Crippen LogP contribution < -0.4 is 14.4 Å². The third-order valence-electron chi connectivity index (χ3n) is 11.4. The third kappa shape index (κ3) is 7.38. The first-order chi connectivity index (χ1) is 24.7. The van der Waals surface area contributed by atoms with Crippen LogP contribution in [0.2, 0.25) is 16.6 Å². The van der Waals surface area contributed by atoms with Gasteiger partial charge in [-0.1, -0.05) is 65.7 Å². The SMILES string of the molecule is COCOc1cc(-c2ccc3c(N4CCCC(C)(O)C4)nc(OCC4(CO)CC4)nc3c2F)c2c(C#C[Si](C(C)C)(C(C)C)C(C)C)cccc2c1. The summed E-state index contributed by atoms with van der Waals surface area (Å²) in [6.07, 6.45) is 3.14. The van der Waals surface area contributed by atoms with Crippen molar-refractivity contribution in [2.75, 3.05) is 45.1 Å². The number of aliphatic hydroxyl groups excluding tert-OH is 1. The zero-order valence-corrected chi connectivity index (χ0v) is 33.0. The number of methoxy groups -OCH3 is 1. The zero-order valence-electron chi connectivity index (χ0n) is 32.0. The van der Waals surface area contributed by atoms with Crippen LogP contribution in [0.15, 0.2) is 42.5 Å². The highest BCUT2D eigenvalue weighted by atomic mass is 28.3. The fourth-order valence-corrected chi connectivity index (χ4v) is 13.5. The van der Waals surface area contributed by atoms with Gasteiger partial charge in [-0.3, -0.25) is 0 Å². The van der Waals surface area contributed by atoms with Crippen molar-refractivity contribution in [1.82, 2.24) is 9.97 Å². The summed E-state index contributed by atoms with van der Waals surface area (Å²) in [5.74, 6) is 4.19. The van der Waals surface area contributed by atoms with E-state index in [2.05, 4.69) is 58.0 Å². The van der Waals surface area contributed by atoms with Crippen molar-refractivity contribution < 1.29 is 28.8 Å². The van der Waals surface area contributed by atoms with Gasteiger partial charge < -0.3 is 29.3 Å². The molecule has 0 radical (unpaired) electrons. The van der Waals surface area contributed by atoms with Crippen molar-refractivity contribution in [3.05, 3.63) is 53.8 Å². The van der Waals surface area contributed by atoms with Gasteiger partial charge in [-0.2, -0.15) is 9.97 Å². The molecule has 8 nitrogen and oxygen atoms in total. The zero-order chi connectivity index (χ0) is 37.4. The predicted octanol–water partition coefficient (Wildman–Crippen LogP) is 8.64. The standard InChI is InChI=1S/C42H54FN3O5Si/c1-27(2)52(28(3)4,29(5)6)20-15-30-11-9-12-31-21-32(51-26-49-8)22-35(36(30)31)33-13-14-34-38(37(33)43)44-40(50-25-42(24-47)17-18-42)45-39(34)46-19-10-16-41(7,48)23-46/h9,11-14,21-22,27-29,47-48H,10,16-19,23-26H2,1-8H3. The van der Waals surface area contributed by atoms with Crippen LogP contribution in [0.25, 0.3) is 32.8 Å². The number of fused-ring (bicyclic) bond motifs is 2.